The Labute approximate surface area is 154 Å². The highest BCUT2D eigenvalue weighted by molar-refractivity contribution is 7.80. The van der Waals surface area contributed by atoms with E-state index in [0.29, 0.717) is 22.8 Å². The molecule has 0 aromatic heterocycles. The Hall–Kier alpha value is -2.60. The maximum Gasteiger partial charge on any atom is 0.416 e. The first kappa shape index (κ1) is 18.2. The van der Waals surface area contributed by atoms with Gasteiger partial charge >= 0.3 is 6.18 Å². The summed E-state index contributed by atoms with van der Waals surface area (Å²) in [6.07, 6.45) is -4.34. The van der Waals surface area contributed by atoms with Crippen LogP contribution in [0.3, 0.4) is 0 Å². The smallest absolute Gasteiger partial charge is 0.416 e. The summed E-state index contributed by atoms with van der Waals surface area (Å²) in [5.41, 5.74) is -0.0300. The molecule has 2 nitrogen and oxygen atoms in total. The van der Waals surface area contributed by atoms with E-state index in [1.165, 1.54) is 12.1 Å². The van der Waals surface area contributed by atoms with Gasteiger partial charge in [-0.3, -0.25) is 0 Å². The molecule has 6 heteroatoms. The number of thiol groups is 1. The Bertz CT molecular complexity index is 859. The fourth-order valence-electron chi connectivity index (χ4n) is 2.23. The van der Waals surface area contributed by atoms with Crippen molar-refractivity contribution >= 4 is 12.6 Å². The lowest BCUT2D eigenvalue weighted by Crippen LogP contribution is -2.05. The van der Waals surface area contributed by atoms with Gasteiger partial charge in [0, 0.05) is 11.0 Å². The lowest BCUT2D eigenvalue weighted by atomic mass is 10.1. The summed E-state index contributed by atoms with van der Waals surface area (Å²) in [4.78, 5) is 0.839. The molecule has 26 heavy (non-hydrogen) atoms. The molecule has 0 spiro atoms. The van der Waals surface area contributed by atoms with Crippen molar-refractivity contribution in [3.8, 4) is 17.2 Å². The van der Waals surface area contributed by atoms with Crippen LogP contribution in [0.2, 0.25) is 0 Å². The highest BCUT2D eigenvalue weighted by atomic mass is 32.1. The largest absolute Gasteiger partial charge is 0.489 e. The first-order valence-electron chi connectivity index (χ1n) is 7.76. The van der Waals surface area contributed by atoms with Gasteiger partial charge < -0.3 is 9.47 Å². The predicted molar refractivity (Wildman–Crippen MR) is 96.0 cm³/mol. The van der Waals surface area contributed by atoms with Crippen molar-refractivity contribution in [2.45, 2.75) is 17.7 Å². The standard InChI is InChI=1S/C20H15F3O2S/c21-20(22,23)15-6-4-14(5-7-15)13-24-17-2-1-3-18(12-17)25-16-8-10-19(26)11-9-16/h1-12,26H,13H2. The summed E-state index contributed by atoms with van der Waals surface area (Å²) in [6.45, 7) is 0.163. The summed E-state index contributed by atoms with van der Waals surface area (Å²) in [5.74, 6) is 1.83. The summed E-state index contributed by atoms with van der Waals surface area (Å²) < 4.78 is 49.1. The van der Waals surface area contributed by atoms with Gasteiger partial charge in [-0.2, -0.15) is 13.2 Å². The van der Waals surface area contributed by atoms with Gasteiger partial charge in [0.25, 0.3) is 0 Å². The maximum atomic E-state index is 12.6. The average Bonchev–Trinajstić information content (AvgIpc) is 2.62. The van der Waals surface area contributed by atoms with Gasteiger partial charge in [-0.05, 0) is 54.1 Å². The Morgan fingerprint density at radius 1 is 0.769 bits per heavy atom. The molecule has 3 aromatic rings. The molecule has 0 aliphatic heterocycles. The third-order valence-corrected chi connectivity index (χ3v) is 3.86. The van der Waals surface area contributed by atoms with Crippen molar-refractivity contribution < 1.29 is 22.6 Å². The van der Waals surface area contributed by atoms with Gasteiger partial charge in [0.15, 0.2) is 0 Å². The predicted octanol–water partition coefficient (Wildman–Crippen LogP) is 6.37. The van der Waals surface area contributed by atoms with Crippen molar-refractivity contribution in [1.29, 1.82) is 0 Å². The molecular formula is C20H15F3O2S. The fraction of sp³-hybridized carbons (Fsp3) is 0.100. The lowest BCUT2D eigenvalue weighted by Gasteiger charge is -2.11. The van der Waals surface area contributed by atoms with E-state index in [1.807, 2.05) is 12.1 Å². The van der Waals surface area contributed by atoms with Crippen LogP contribution in [-0.4, -0.2) is 0 Å². The number of rotatable bonds is 5. The van der Waals surface area contributed by atoms with Crippen molar-refractivity contribution in [3.63, 3.8) is 0 Å². The molecule has 0 aliphatic rings. The Balaban J connectivity index is 1.62. The molecule has 0 saturated heterocycles. The van der Waals surface area contributed by atoms with E-state index in [4.69, 9.17) is 9.47 Å². The number of halogens is 3. The van der Waals surface area contributed by atoms with E-state index in [0.717, 1.165) is 17.0 Å². The van der Waals surface area contributed by atoms with Crippen LogP contribution in [0.25, 0.3) is 0 Å². The Kier molecular flexibility index (Phi) is 5.42. The van der Waals surface area contributed by atoms with Crippen molar-refractivity contribution in [3.05, 3.63) is 83.9 Å². The molecule has 0 heterocycles. The van der Waals surface area contributed by atoms with Gasteiger partial charge in [0.2, 0.25) is 0 Å². The molecule has 0 saturated carbocycles. The minimum atomic E-state index is -4.34. The number of hydrogen-bond donors (Lipinski definition) is 1. The van der Waals surface area contributed by atoms with E-state index < -0.39 is 11.7 Å². The second-order valence-electron chi connectivity index (χ2n) is 5.55. The zero-order valence-electron chi connectivity index (χ0n) is 13.5. The zero-order valence-corrected chi connectivity index (χ0v) is 14.4. The van der Waals surface area contributed by atoms with Crippen LogP contribution in [0.5, 0.6) is 17.2 Å². The zero-order chi connectivity index (χ0) is 18.6. The van der Waals surface area contributed by atoms with E-state index in [9.17, 15) is 13.2 Å². The highest BCUT2D eigenvalue weighted by Crippen LogP contribution is 2.30. The highest BCUT2D eigenvalue weighted by Gasteiger charge is 2.29. The van der Waals surface area contributed by atoms with Crippen molar-refractivity contribution in [2.75, 3.05) is 0 Å². The van der Waals surface area contributed by atoms with Gasteiger partial charge in [-0.15, -0.1) is 12.6 Å². The van der Waals surface area contributed by atoms with E-state index >= 15 is 0 Å². The minimum Gasteiger partial charge on any atom is -0.489 e. The quantitative estimate of drug-likeness (QED) is 0.522. The summed E-state index contributed by atoms with van der Waals surface area (Å²) in [6, 6.07) is 19.2. The Morgan fingerprint density at radius 2 is 1.42 bits per heavy atom. The number of ether oxygens (including phenoxy) is 2. The second kappa shape index (κ2) is 7.74. The van der Waals surface area contributed by atoms with Crippen LogP contribution in [0, 0.1) is 0 Å². The molecule has 0 bridgehead atoms. The molecule has 0 unspecified atom stereocenters. The van der Waals surface area contributed by atoms with Gasteiger partial charge in [-0.25, -0.2) is 0 Å². The fourth-order valence-corrected chi connectivity index (χ4v) is 2.38. The minimum absolute atomic E-state index is 0.163. The van der Waals surface area contributed by atoms with Crippen LogP contribution in [0.15, 0.2) is 77.7 Å². The van der Waals surface area contributed by atoms with Crippen molar-refractivity contribution in [2.24, 2.45) is 0 Å². The van der Waals surface area contributed by atoms with Gasteiger partial charge in [0.05, 0.1) is 5.56 Å². The third-order valence-electron chi connectivity index (χ3n) is 3.56. The molecule has 0 radical (unpaired) electrons. The average molecular weight is 376 g/mol. The van der Waals surface area contributed by atoms with E-state index in [-0.39, 0.29) is 6.61 Å². The van der Waals surface area contributed by atoms with E-state index in [1.54, 1.807) is 36.4 Å². The second-order valence-corrected chi connectivity index (χ2v) is 6.07. The first-order valence-corrected chi connectivity index (χ1v) is 8.21. The molecule has 3 aromatic carbocycles. The summed E-state index contributed by atoms with van der Waals surface area (Å²) in [7, 11) is 0. The Morgan fingerprint density at radius 3 is 2.08 bits per heavy atom. The molecule has 134 valence electrons. The SMILES string of the molecule is FC(F)(F)c1ccc(COc2cccc(Oc3ccc(S)cc3)c2)cc1. The number of hydrogen-bond acceptors (Lipinski definition) is 3. The monoisotopic (exact) mass is 376 g/mol. The van der Waals surface area contributed by atoms with Gasteiger partial charge in [0.1, 0.15) is 23.9 Å². The summed E-state index contributed by atoms with van der Waals surface area (Å²) in [5, 5.41) is 0. The van der Waals surface area contributed by atoms with Crippen LogP contribution in [0.4, 0.5) is 13.2 Å². The molecule has 0 N–H and O–H groups in total. The van der Waals surface area contributed by atoms with Crippen molar-refractivity contribution in [1.82, 2.24) is 0 Å². The van der Waals surface area contributed by atoms with Crippen LogP contribution in [-0.2, 0) is 12.8 Å². The number of benzene rings is 3. The molecule has 3 rings (SSSR count). The topological polar surface area (TPSA) is 18.5 Å². The normalized spacial score (nSPS) is 11.2. The van der Waals surface area contributed by atoms with Crippen LogP contribution >= 0.6 is 12.6 Å². The third kappa shape index (κ3) is 4.95. The molecular weight excluding hydrogens is 361 g/mol. The molecule has 0 atom stereocenters. The number of alkyl halides is 3. The molecule has 0 amide bonds. The van der Waals surface area contributed by atoms with Crippen LogP contribution in [0.1, 0.15) is 11.1 Å². The van der Waals surface area contributed by atoms with Crippen LogP contribution < -0.4 is 9.47 Å². The maximum absolute atomic E-state index is 12.6. The van der Waals surface area contributed by atoms with Gasteiger partial charge in [-0.1, -0.05) is 18.2 Å². The molecule has 0 aliphatic carbocycles. The summed E-state index contributed by atoms with van der Waals surface area (Å²) >= 11 is 4.22. The van der Waals surface area contributed by atoms with E-state index in [2.05, 4.69) is 12.6 Å². The lowest BCUT2D eigenvalue weighted by molar-refractivity contribution is -0.137. The molecule has 0 fully saturated rings. The first-order chi connectivity index (χ1) is 12.4.